The van der Waals surface area contributed by atoms with Crippen LogP contribution in [0.25, 0.3) is 0 Å². The Morgan fingerprint density at radius 1 is 1.10 bits per heavy atom. The Hall–Kier alpha value is -0.570. The predicted octanol–water partition coefficient (Wildman–Crippen LogP) is 3.12. The van der Waals surface area contributed by atoms with Gasteiger partial charge in [-0.1, -0.05) is 20.8 Å². The zero-order chi connectivity index (χ0) is 15.0. The van der Waals surface area contributed by atoms with Crippen LogP contribution in [0.4, 0.5) is 0 Å². The smallest absolute Gasteiger partial charge is 0.311 e. The summed E-state index contributed by atoms with van der Waals surface area (Å²) in [6, 6.07) is 0.0515. The highest BCUT2D eigenvalue weighted by Crippen LogP contribution is 2.66. The summed E-state index contributed by atoms with van der Waals surface area (Å²) in [6.45, 7) is 7.06. The van der Waals surface area contributed by atoms with E-state index in [1.807, 2.05) is 0 Å². The molecule has 4 aliphatic carbocycles. The van der Waals surface area contributed by atoms with Crippen molar-refractivity contribution in [1.82, 2.24) is 0 Å². The van der Waals surface area contributed by atoms with Crippen molar-refractivity contribution in [3.05, 3.63) is 0 Å². The number of nitrogens with two attached hydrogens (primary N) is 1. The summed E-state index contributed by atoms with van der Waals surface area (Å²) in [5.74, 6) is 1.78. The maximum absolute atomic E-state index is 12.7. The molecule has 0 spiro atoms. The van der Waals surface area contributed by atoms with Crippen molar-refractivity contribution in [3.8, 4) is 0 Å². The lowest BCUT2D eigenvalue weighted by atomic mass is 9.70. The number of esters is 1. The van der Waals surface area contributed by atoms with Crippen LogP contribution >= 0.6 is 0 Å². The Labute approximate surface area is 128 Å². The summed E-state index contributed by atoms with van der Waals surface area (Å²) in [6.07, 6.45) is 7.21. The Morgan fingerprint density at radius 3 is 2.33 bits per heavy atom. The molecule has 0 aromatic carbocycles. The molecule has 0 saturated heterocycles. The van der Waals surface area contributed by atoms with Gasteiger partial charge in [0.25, 0.3) is 0 Å². The Morgan fingerprint density at radius 2 is 1.81 bits per heavy atom. The number of hydrogen-bond donors (Lipinski definition) is 1. The Balaban J connectivity index is 1.49. The fourth-order valence-corrected chi connectivity index (χ4v) is 6.21. The van der Waals surface area contributed by atoms with Gasteiger partial charge in [-0.3, -0.25) is 4.79 Å². The first-order chi connectivity index (χ1) is 9.84. The molecule has 0 amide bonds. The van der Waals surface area contributed by atoms with E-state index in [1.54, 1.807) is 0 Å². The molecule has 3 nitrogen and oxygen atoms in total. The van der Waals surface area contributed by atoms with Crippen LogP contribution in [0.15, 0.2) is 0 Å². The molecule has 4 rings (SSSR count). The molecule has 7 atom stereocenters. The zero-order valence-electron chi connectivity index (χ0n) is 13.6. The molecule has 0 aliphatic heterocycles. The van der Waals surface area contributed by atoms with Crippen LogP contribution in [-0.2, 0) is 9.53 Å². The molecule has 118 valence electrons. The minimum absolute atomic E-state index is 0.0178. The highest BCUT2D eigenvalue weighted by Gasteiger charge is 2.63. The lowest BCUT2D eigenvalue weighted by Crippen LogP contribution is -2.44. The number of rotatable bonds is 2. The highest BCUT2D eigenvalue weighted by molar-refractivity contribution is 5.75. The second-order valence-electron chi connectivity index (χ2n) is 8.97. The molecule has 0 aromatic heterocycles. The van der Waals surface area contributed by atoms with Gasteiger partial charge in [0.1, 0.15) is 6.10 Å². The molecule has 4 aliphatic rings. The van der Waals surface area contributed by atoms with Crippen molar-refractivity contribution in [2.24, 2.45) is 40.2 Å². The first kappa shape index (κ1) is 14.0. The summed E-state index contributed by atoms with van der Waals surface area (Å²) in [5, 5.41) is 0. The molecule has 4 fully saturated rings. The average molecular weight is 291 g/mol. The van der Waals surface area contributed by atoms with Gasteiger partial charge in [0.15, 0.2) is 0 Å². The summed E-state index contributed by atoms with van der Waals surface area (Å²) in [5.41, 5.74) is 6.76. The van der Waals surface area contributed by atoms with Gasteiger partial charge >= 0.3 is 5.97 Å². The molecule has 0 heterocycles. The van der Waals surface area contributed by atoms with Gasteiger partial charge in [0, 0.05) is 11.5 Å². The summed E-state index contributed by atoms with van der Waals surface area (Å²) in [4.78, 5) is 12.7. The lowest BCUT2D eigenvalue weighted by Gasteiger charge is -2.39. The first-order valence-electron chi connectivity index (χ1n) is 8.80. The molecule has 3 heteroatoms. The van der Waals surface area contributed by atoms with E-state index in [0.717, 1.165) is 12.8 Å². The minimum atomic E-state index is -0.0189. The van der Waals surface area contributed by atoms with Crippen molar-refractivity contribution >= 4 is 5.97 Å². The fraction of sp³-hybridized carbons (Fsp3) is 0.944. The zero-order valence-corrected chi connectivity index (χ0v) is 13.6. The molecule has 4 saturated carbocycles. The summed E-state index contributed by atoms with van der Waals surface area (Å²) < 4.78 is 6.07. The van der Waals surface area contributed by atoms with E-state index in [4.69, 9.17) is 10.5 Å². The van der Waals surface area contributed by atoms with E-state index in [9.17, 15) is 4.79 Å². The first-order valence-corrected chi connectivity index (χ1v) is 8.80. The molecule has 7 unspecified atom stereocenters. The maximum atomic E-state index is 12.7. The number of fused-ring (bicyclic) bond motifs is 4. The van der Waals surface area contributed by atoms with Crippen LogP contribution in [-0.4, -0.2) is 18.1 Å². The van der Waals surface area contributed by atoms with E-state index in [-0.39, 0.29) is 29.4 Å². The number of ether oxygens (including phenoxy) is 1. The number of hydrogen-bond acceptors (Lipinski definition) is 3. The molecular formula is C18H29NO2. The second-order valence-corrected chi connectivity index (χ2v) is 8.97. The van der Waals surface area contributed by atoms with E-state index in [2.05, 4.69) is 20.8 Å². The summed E-state index contributed by atoms with van der Waals surface area (Å²) >= 11 is 0. The van der Waals surface area contributed by atoms with Gasteiger partial charge in [0.05, 0.1) is 5.92 Å². The molecule has 0 aromatic rings. The van der Waals surface area contributed by atoms with Gasteiger partial charge in [-0.25, -0.2) is 0 Å². The fourth-order valence-electron chi connectivity index (χ4n) is 6.21. The van der Waals surface area contributed by atoms with Crippen molar-refractivity contribution < 1.29 is 9.53 Å². The third-order valence-electron chi connectivity index (χ3n) is 8.23. The average Bonchev–Trinajstić information content (AvgIpc) is 3.09. The van der Waals surface area contributed by atoms with Crippen LogP contribution in [0.2, 0.25) is 0 Å². The van der Waals surface area contributed by atoms with Gasteiger partial charge in [-0.2, -0.15) is 0 Å². The van der Waals surface area contributed by atoms with Crippen molar-refractivity contribution in [3.63, 3.8) is 0 Å². The van der Waals surface area contributed by atoms with Gasteiger partial charge in [0.2, 0.25) is 0 Å². The highest BCUT2D eigenvalue weighted by atomic mass is 16.5. The monoisotopic (exact) mass is 291 g/mol. The molecule has 2 N–H and O–H groups in total. The van der Waals surface area contributed by atoms with E-state index < -0.39 is 0 Å². The van der Waals surface area contributed by atoms with E-state index in [1.165, 1.54) is 25.7 Å². The van der Waals surface area contributed by atoms with Crippen LogP contribution in [0.1, 0.15) is 59.3 Å². The maximum Gasteiger partial charge on any atom is 0.311 e. The van der Waals surface area contributed by atoms with Gasteiger partial charge < -0.3 is 10.5 Å². The third-order valence-corrected chi connectivity index (χ3v) is 8.23. The van der Waals surface area contributed by atoms with E-state index in [0.29, 0.717) is 23.2 Å². The molecule has 4 bridgehead atoms. The lowest BCUT2D eigenvalue weighted by molar-refractivity contribution is -0.164. The Bertz CT molecular complexity index is 472. The van der Waals surface area contributed by atoms with Crippen LogP contribution in [0, 0.1) is 34.5 Å². The minimum Gasteiger partial charge on any atom is -0.461 e. The topological polar surface area (TPSA) is 52.3 Å². The van der Waals surface area contributed by atoms with Crippen LogP contribution in [0.5, 0.6) is 0 Å². The van der Waals surface area contributed by atoms with Crippen molar-refractivity contribution in [2.45, 2.75) is 71.4 Å². The second kappa shape index (κ2) is 4.24. The van der Waals surface area contributed by atoms with Crippen LogP contribution < -0.4 is 5.73 Å². The van der Waals surface area contributed by atoms with Crippen molar-refractivity contribution in [2.75, 3.05) is 0 Å². The summed E-state index contributed by atoms with van der Waals surface area (Å²) in [7, 11) is 0. The van der Waals surface area contributed by atoms with Crippen molar-refractivity contribution in [1.29, 1.82) is 0 Å². The largest absolute Gasteiger partial charge is 0.461 e. The number of carbonyl (C=O) groups is 1. The molecule has 21 heavy (non-hydrogen) atoms. The SMILES string of the molecule is CC1(C)C2CCC1(C)C(OC(=O)C1C3CCC(C3)C1N)C2. The Kier molecular flexibility index (Phi) is 2.84. The van der Waals surface area contributed by atoms with E-state index >= 15 is 0 Å². The molecular weight excluding hydrogens is 262 g/mol. The van der Waals surface area contributed by atoms with Crippen LogP contribution in [0.3, 0.4) is 0 Å². The quantitative estimate of drug-likeness (QED) is 0.795. The van der Waals surface area contributed by atoms with Gasteiger partial charge in [-0.15, -0.1) is 0 Å². The predicted molar refractivity (Wildman–Crippen MR) is 81.4 cm³/mol. The standard InChI is InChI=1S/C18H29NO2/c1-17(2)12-6-7-18(17,3)13(9-12)21-16(20)14-10-4-5-11(8-10)15(14)19/h10-15H,4-9,19H2,1-3H3. The number of carbonyl (C=O) groups excluding carboxylic acids is 1. The van der Waals surface area contributed by atoms with Gasteiger partial charge in [-0.05, 0) is 61.7 Å². The third kappa shape index (κ3) is 1.67. The molecule has 0 radical (unpaired) electrons. The normalized spacial score (nSPS) is 53.3.